The molecule has 1 atom stereocenters. The molecule has 1 saturated heterocycles. The number of likely N-dealkylation sites (tertiary alicyclic amines) is 1. The van der Waals surface area contributed by atoms with Crippen molar-refractivity contribution in [3.05, 3.63) is 0 Å². The molecule has 1 unspecified atom stereocenters. The lowest BCUT2D eigenvalue weighted by molar-refractivity contribution is -0.185. The number of esters is 1. The van der Waals surface area contributed by atoms with E-state index >= 15 is 0 Å². The van der Waals surface area contributed by atoms with E-state index in [0.717, 1.165) is 6.42 Å². The summed E-state index contributed by atoms with van der Waals surface area (Å²) in [5.74, 6) is -1.54. The van der Waals surface area contributed by atoms with Gasteiger partial charge in [-0.3, -0.25) is 4.79 Å². The van der Waals surface area contributed by atoms with E-state index in [0.29, 0.717) is 32.8 Å². The third-order valence-electron chi connectivity index (χ3n) is 3.70. The Morgan fingerprint density at radius 3 is 2.43 bits per heavy atom. The highest BCUT2D eigenvalue weighted by molar-refractivity contribution is 5.76. The minimum atomic E-state index is -4.10. The fourth-order valence-corrected chi connectivity index (χ4v) is 2.48. The Kier molecular flexibility index (Phi) is 7.45. The molecule has 0 bridgehead atoms. The third-order valence-corrected chi connectivity index (χ3v) is 3.70. The van der Waals surface area contributed by atoms with Crippen molar-refractivity contribution >= 4 is 5.97 Å². The van der Waals surface area contributed by atoms with E-state index in [9.17, 15) is 18.0 Å². The van der Waals surface area contributed by atoms with E-state index < -0.39 is 18.1 Å². The molecule has 124 valence electrons. The summed E-state index contributed by atoms with van der Waals surface area (Å²) in [6.07, 6.45) is -3.02. The Labute approximate surface area is 124 Å². The molecule has 0 amide bonds. The van der Waals surface area contributed by atoms with Gasteiger partial charge in [-0.15, -0.1) is 0 Å². The van der Waals surface area contributed by atoms with E-state index in [-0.39, 0.29) is 18.8 Å². The number of nitrogens with zero attached hydrogens (tertiary/aromatic N) is 1. The molecule has 0 radical (unpaired) electrons. The van der Waals surface area contributed by atoms with E-state index in [1.54, 1.807) is 6.92 Å². The van der Waals surface area contributed by atoms with Crippen LogP contribution < -0.4 is 5.32 Å². The van der Waals surface area contributed by atoms with Crippen molar-refractivity contribution in [3.8, 4) is 0 Å². The first kappa shape index (κ1) is 18.2. The Morgan fingerprint density at radius 1 is 1.33 bits per heavy atom. The lowest BCUT2D eigenvalue weighted by Crippen LogP contribution is -2.50. The number of rotatable bonds is 7. The zero-order valence-corrected chi connectivity index (χ0v) is 12.7. The van der Waals surface area contributed by atoms with E-state index in [1.807, 2.05) is 11.8 Å². The lowest BCUT2D eigenvalue weighted by atomic mass is 9.96. The molecular weight excluding hydrogens is 285 g/mol. The normalized spacial score (nSPS) is 19.5. The maximum Gasteiger partial charge on any atom is 0.391 e. The molecule has 0 spiro atoms. The molecule has 1 aliphatic heterocycles. The minimum absolute atomic E-state index is 0.104. The molecule has 4 nitrogen and oxygen atoms in total. The number of ether oxygens (including phenoxy) is 1. The number of piperidine rings is 1. The van der Waals surface area contributed by atoms with Gasteiger partial charge in [0.05, 0.1) is 12.5 Å². The van der Waals surface area contributed by atoms with Crippen LogP contribution in [0, 0.1) is 5.92 Å². The predicted molar refractivity (Wildman–Crippen MR) is 73.9 cm³/mol. The molecule has 0 aromatic rings. The second-order valence-corrected chi connectivity index (χ2v) is 5.38. The topological polar surface area (TPSA) is 41.6 Å². The van der Waals surface area contributed by atoms with Gasteiger partial charge in [0.25, 0.3) is 0 Å². The number of halogens is 3. The van der Waals surface area contributed by atoms with E-state index in [4.69, 9.17) is 4.74 Å². The smallest absolute Gasteiger partial charge is 0.391 e. The van der Waals surface area contributed by atoms with Crippen LogP contribution in [0.4, 0.5) is 13.2 Å². The highest BCUT2D eigenvalue weighted by Gasteiger charge is 2.41. The fourth-order valence-electron chi connectivity index (χ4n) is 2.48. The average molecular weight is 310 g/mol. The molecule has 1 aliphatic rings. The second kappa shape index (κ2) is 8.58. The van der Waals surface area contributed by atoms with Crippen LogP contribution in [0.15, 0.2) is 0 Å². The third kappa shape index (κ3) is 6.22. The number of carbonyl (C=O) groups excluding carboxylic acids is 1. The van der Waals surface area contributed by atoms with Crippen LogP contribution in [0.1, 0.15) is 33.1 Å². The monoisotopic (exact) mass is 310 g/mol. The van der Waals surface area contributed by atoms with Gasteiger partial charge in [0, 0.05) is 6.54 Å². The number of nitrogens with one attached hydrogen (secondary N) is 1. The molecule has 0 aromatic heterocycles. The summed E-state index contributed by atoms with van der Waals surface area (Å²) in [5, 5.41) is 3.10. The predicted octanol–water partition coefficient (Wildman–Crippen LogP) is 2.19. The summed E-state index contributed by atoms with van der Waals surface area (Å²) in [6, 6.07) is -0.465. The SMILES string of the molecule is CCCNC(CN1CCC(C(F)(F)F)CC1)C(=O)OCC. The second-order valence-electron chi connectivity index (χ2n) is 5.38. The van der Waals surface area contributed by atoms with Gasteiger partial charge in [-0.25, -0.2) is 0 Å². The van der Waals surface area contributed by atoms with E-state index in [2.05, 4.69) is 5.32 Å². The maximum atomic E-state index is 12.6. The number of alkyl halides is 3. The first-order valence-corrected chi connectivity index (χ1v) is 7.57. The van der Waals surface area contributed by atoms with Crippen molar-refractivity contribution in [1.82, 2.24) is 10.2 Å². The summed E-state index contributed by atoms with van der Waals surface area (Å²) in [7, 11) is 0. The highest BCUT2D eigenvalue weighted by Crippen LogP contribution is 2.34. The summed E-state index contributed by atoms with van der Waals surface area (Å²) in [5.41, 5.74) is 0. The summed E-state index contributed by atoms with van der Waals surface area (Å²) in [4.78, 5) is 13.8. The Morgan fingerprint density at radius 2 is 1.95 bits per heavy atom. The number of hydrogen-bond donors (Lipinski definition) is 1. The van der Waals surface area contributed by atoms with Gasteiger partial charge in [0.15, 0.2) is 0 Å². The largest absolute Gasteiger partial charge is 0.465 e. The molecule has 0 saturated carbocycles. The highest BCUT2D eigenvalue weighted by atomic mass is 19.4. The lowest BCUT2D eigenvalue weighted by Gasteiger charge is -2.34. The molecule has 21 heavy (non-hydrogen) atoms. The quantitative estimate of drug-likeness (QED) is 0.732. The van der Waals surface area contributed by atoms with Crippen molar-refractivity contribution in [1.29, 1.82) is 0 Å². The zero-order valence-electron chi connectivity index (χ0n) is 12.7. The fraction of sp³-hybridized carbons (Fsp3) is 0.929. The van der Waals surface area contributed by atoms with Gasteiger partial charge in [-0.2, -0.15) is 13.2 Å². The molecule has 1 N–H and O–H groups in total. The summed E-state index contributed by atoms with van der Waals surface area (Å²) < 4.78 is 42.9. The maximum absolute atomic E-state index is 12.6. The van der Waals surface area contributed by atoms with Crippen molar-refractivity contribution in [2.75, 3.05) is 32.8 Å². The van der Waals surface area contributed by atoms with Crippen molar-refractivity contribution in [2.24, 2.45) is 5.92 Å². The van der Waals surface area contributed by atoms with E-state index in [1.165, 1.54) is 0 Å². The Balaban J connectivity index is 2.47. The number of hydrogen-bond acceptors (Lipinski definition) is 4. The molecule has 1 heterocycles. The summed E-state index contributed by atoms with van der Waals surface area (Å²) in [6.45, 7) is 5.86. The van der Waals surface area contributed by atoms with Crippen LogP contribution in [0.3, 0.4) is 0 Å². The minimum Gasteiger partial charge on any atom is -0.465 e. The Hall–Kier alpha value is -0.820. The van der Waals surface area contributed by atoms with Gasteiger partial charge in [-0.05, 0) is 45.8 Å². The molecule has 1 fully saturated rings. The molecular formula is C14H25F3N2O2. The van der Waals surface area contributed by atoms with Gasteiger partial charge in [-0.1, -0.05) is 6.92 Å². The molecule has 0 aromatic carbocycles. The average Bonchev–Trinajstić information content (AvgIpc) is 2.43. The zero-order chi connectivity index (χ0) is 15.9. The van der Waals surface area contributed by atoms with Crippen LogP contribution in [-0.4, -0.2) is 55.9 Å². The van der Waals surface area contributed by atoms with Crippen molar-refractivity contribution in [3.63, 3.8) is 0 Å². The first-order valence-electron chi connectivity index (χ1n) is 7.57. The molecule has 7 heteroatoms. The van der Waals surface area contributed by atoms with Crippen LogP contribution in [-0.2, 0) is 9.53 Å². The van der Waals surface area contributed by atoms with Crippen molar-refractivity contribution in [2.45, 2.75) is 45.3 Å². The standard InChI is InChI=1S/C14H25F3N2O2/c1-3-7-18-12(13(20)21-4-2)10-19-8-5-11(6-9-19)14(15,16)17/h11-12,18H,3-10H2,1-2H3. The van der Waals surface area contributed by atoms with Gasteiger partial charge >= 0.3 is 12.1 Å². The van der Waals surface area contributed by atoms with Gasteiger partial charge < -0.3 is 15.0 Å². The van der Waals surface area contributed by atoms with Crippen LogP contribution >= 0.6 is 0 Å². The van der Waals surface area contributed by atoms with Crippen LogP contribution in [0.5, 0.6) is 0 Å². The van der Waals surface area contributed by atoms with Crippen LogP contribution in [0.25, 0.3) is 0 Å². The summed E-state index contributed by atoms with van der Waals surface area (Å²) >= 11 is 0. The van der Waals surface area contributed by atoms with Crippen molar-refractivity contribution < 1.29 is 22.7 Å². The molecule has 0 aliphatic carbocycles. The van der Waals surface area contributed by atoms with Crippen LogP contribution in [0.2, 0.25) is 0 Å². The van der Waals surface area contributed by atoms with Gasteiger partial charge in [0.2, 0.25) is 0 Å². The number of carbonyl (C=O) groups is 1. The Bertz CT molecular complexity index is 316. The molecule has 1 rings (SSSR count). The first-order chi connectivity index (χ1) is 9.88. The van der Waals surface area contributed by atoms with Gasteiger partial charge in [0.1, 0.15) is 6.04 Å².